The van der Waals surface area contributed by atoms with E-state index in [2.05, 4.69) is 55.6 Å². The standard InChI is InChI=1S/C61H117N2O6P/c1-6-8-10-12-14-16-18-20-22-24-26-28-30-31-33-34-36-38-40-42-44-46-48-50-52-54-60(64)59(58-69-70(66,67)68-57-56-63(3,4)5)62-61(65)55-53-51-49-47-45-43-41-39-37-35-32-29-27-25-23-21-19-17-15-13-11-9-7-2/h35-38,44,46,52,54,59-60,64H,6-34,39-43,45,47-51,53,55-58H2,1-5H3,(H-,62,65,66,67)/b37-35-,38-36+,46-44+,54-52+. The summed E-state index contributed by atoms with van der Waals surface area (Å²) in [5.41, 5.74) is 0. The van der Waals surface area contributed by atoms with Crippen LogP contribution in [0.5, 0.6) is 0 Å². The van der Waals surface area contributed by atoms with Crippen molar-refractivity contribution in [3.8, 4) is 0 Å². The average molecular weight is 1010 g/mol. The first-order valence-electron chi connectivity index (χ1n) is 30.0. The van der Waals surface area contributed by atoms with E-state index in [0.29, 0.717) is 17.4 Å². The molecular weight excluding hydrogens is 888 g/mol. The number of quaternary nitrogens is 1. The zero-order valence-electron chi connectivity index (χ0n) is 47.0. The van der Waals surface area contributed by atoms with Crippen molar-refractivity contribution in [2.45, 2.75) is 296 Å². The number of likely N-dealkylation sites (N-methyl/N-ethyl adjacent to an activating group) is 1. The van der Waals surface area contributed by atoms with Crippen LogP contribution in [0.25, 0.3) is 0 Å². The minimum atomic E-state index is -4.61. The number of nitrogens with zero attached hydrogens (tertiary/aromatic N) is 1. The third-order valence-corrected chi connectivity index (χ3v) is 14.5. The maximum absolute atomic E-state index is 13.0. The van der Waals surface area contributed by atoms with Crippen molar-refractivity contribution >= 4 is 13.7 Å². The molecule has 9 heteroatoms. The van der Waals surface area contributed by atoms with E-state index in [1.807, 2.05) is 27.2 Å². The summed E-state index contributed by atoms with van der Waals surface area (Å²) in [4.78, 5) is 25.5. The minimum Gasteiger partial charge on any atom is -0.756 e. The number of amides is 1. The number of phosphoric ester groups is 1. The number of hydrogen-bond donors (Lipinski definition) is 2. The summed E-state index contributed by atoms with van der Waals surface area (Å²) in [6, 6.07) is -0.914. The summed E-state index contributed by atoms with van der Waals surface area (Å²) >= 11 is 0. The molecule has 3 unspecified atom stereocenters. The van der Waals surface area contributed by atoms with Gasteiger partial charge in [0.2, 0.25) is 5.91 Å². The van der Waals surface area contributed by atoms with Crippen LogP contribution in [-0.2, 0) is 18.4 Å². The predicted octanol–water partition coefficient (Wildman–Crippen LogP) is 17.7. The van der Waals surface area contributed by atoms with Gasteiger partial charge >= 0.3 is 0 Å². The molecule has 3 atom stereocenters. The van der Waals surface area contributed by atoms with Gasteiger partial charge in [0.05, 0.1) is 39.9 Å². The molecule has 2 N–H and O–H groups in total. The average Bonchev–Trinajstić information content (AvgIpc) is 3.32. The van der Waals surface area contributed by atoms with Gasteiger partial charge in [0.25, 0.3) is 7.82 Å². The van der Waals surface area contributed by atoms with Crippen LogP contribution in [0.1, 0.15) is 284 Å². The molecule has 0 aliphatic carbocycles. The summed E-state index contributed by atoms with van der Waals surface area (Å²) < 4.78 is 23.3. The fourth-order valence-electron chi connectivity index (χ4n) is 8.77. The maximum Gasteiger partial charge on any atom is 0.268 e. The van der Waals surface area contributed by atoms with Crippen molar-refractivity contribution in [3.05, 3.63) is 48.6 Å². The van der Waals surface area contributed by atoms with Crippen LogP contribution in [0.2, 0.25) is 0 Å². The SMILES string of the molecule is CCCCCCCCCCCCCC/C=C\CCCCCCCCCC(=O)NC(COP(=O)([O-])OCC[N+](C)(C)C)C(O)/C=C/CC/C=C/CC/C=C/CCCCCCCCCCCCCCCCC. The van der Waals surface area contributed by atoms with E-state index < -0.39 is 26.6 Å². The fourth-order valence-corrected chi connectivity index (χ4v) is 9.49. The molecule has 70 heavy (non-hydrogen) atoms. The van der Waals surface area contributed by atoms with Crippen LogP contribution >= 0.6 is 7.82 Å². The van der Waals surface area contributed by atoms with E-state index in [9.17, 15) is 19.4 Å². The molecule has 412 valence electrons. The smallest absolute Gasteiger partial charge is 0.268 e. The Morgan fingerprint density at radius 3 is 1.16 bits per heavy atom. The number of carbonyl (C=O) groups is 1. The summed E-state index contributed by atoms with van der Waals surface area (Å²) in [5.74, 6) is -0.213. The van der Waals surface area contributed by atoms with Crippen LogP contribution in [-0.4, -0.2) is 68.5 Å². The van der Waals surface area contributed by atoms with Crippen molar-refractivity contribution in [3.63, 3.8) is 0 Å². The molecule has 0 saturated carbocycles. The number of aliphatic hydroxyl groups excluding tert-OH is 1. The van der Waals surface area contributed by atoms with E-state index >= 15 is 0 Å². The lowest BCUT2D eigenvalue weighted by Gasteiger charge is -2.29. The predicted molar refractivity (Wildman–Crippen MR) is 302 cm³/mol. The zero-order chi connectivity index (χ0) is 51.3. The normalized spacial score (nSPS) is 14.2. The molecule has 0 aliphatic rings. The Labute approximate surface area is 435 Å². The number of aliphatic hydroxyl groups is 1. The highest BCUT2D eigenvalue weighted by molar-refractivity contribution is 7.45. The van der Waals surface area contributed by atoms with E-state index in [0.717, 1.165) is 44.9 Å². The number of unbranched alkanes of at least 4 members (excludes halogenated alkanes) is 36. The number of nitrogens with one attached hydrogen (secondary N) is 1. The van der Waals surface area contributed by atoms with Gasteiger partial charge in [-0.05, 0) is 70.6 Å². The molecule has 0 rings (SSSR count). The molecule has 0 fully saturated rings. The van der Waals surface area contributed by atoms with Gasteiger partial charge in [-0.25, -0.2) is 0 Å². The number of hydrogen-bond acceptors (Lipinski definition) is 6. The molecule has 8 nitrogen and oxygen atoms in total. The van der Waals surface area contributed by atoms with Crippen molar-refractivity contribution in [2.24, 2.45) is 0 Å². The van der Waals surface area contributed by atoms with Crippen LogP contribution in [0, 0.1) is 0 Å². The van der Waals surface area contributed by atoms with Gasteiger partial charge in [-0.1, -0.05) is 255 Å². The third-order valence-electron chi connectivity index (χ3n) is 13.5. The van der Waals surface area contributed by atoms with Gasteiger partial charge in [-0.3, -0.25) is 9.36 Å². The van der Waals surface area contributed by atoms with Crippen molar-refractivity contribution in [2.75, 3.05) is 40.9 Å². The number of allylic oxidation sites excluding steroid dienone is 7. The summed E-state index contributed by atoms with van der Waals surface area (Å²) in [6.07, 6.45) is 69.2. The third kappa shape index (κ3) is 54.2. The lowest BCUT2D eigenvalue weighted by atomic mass is 10.0. The van der Waals surface area contributed by atoms with Crippen LogP contribution in [0.3, 0.4) is 0 Å². The molecule has 1 amide bonds. The Hall–Kier alpha value is -1.54. The van der Waals surface area contributed by atoms with Gasteiger partial charge in [0, 0.05) is 6.42 Å². The highest BCUT2D eigenvalue weighted by atomic mass is 31.2. The monoisotopic (exact) mass is 1000 g/mol. The Morgan fingerprint density at radius 2 is 0.800 bits per heavy atom. The quantitative estimate of drug-likeness (QED) is 0.0272. The van der Waals surface area contributed by atoms with E-state index in [1.54, 1.807) is 6.08 Å². The molecule has 0 heterocycles. The highest BCUT2D eigenvalue weighted by Gasteiger charge is 2.23. The first-order chi connectivity index (χ1) is 34.0. The second-order valence-electron chi connectivity index (χ2n) is 21.7. The summed E-state index contributed by atoms with van der Waals surface area (Å²) in [5, 5.41) is 13.9. The minimum absolute atomic E-state index is 0.0102. The van der Waals surface area contributed by atoms with Crippen LogP contribution in [0.15, 0.2) is 48.6 Å². The Morgan fingerprint density at radius 1 is 0.486 bits per heavy atom. The maximum atomic E-state index is 13.0. The van der Waals surface area contributed by atoms with Gasteiger partial charge in [0.1, 0.15) is 13.2 Å². The topological polar surface area (TPSA) is 108 Å². The fraction of sp³-hybridized carbons (Fsp3) is 0.852. The van der Waals surface area contributed by atoms with Crippen molar-refractivity contribution in [1.29, 1.82) is 0 Å². The molecule has 0 saturated heterocycles. The second kappa shape index (κ2) is 52.3. The van der Waals surface area contributed by atoms with Crippen LogP contribution in [0.4, 0.5) is 0 Å². The number of carbonyl (C=O) groups excluding carboxylic acids is 1. The van der Waals surface area contributed by atoms with Gasteiger partial charge in [-0.2, -0.15) is 0 Å². The molecule has 0 spiro atoms. The Kier molecular flexibility index (Phi) is 51.2. The first kappa shape index (κ1) is 68.5. The van der Waals surface area contributed by atoms with Gasteiger partial charge in [0.15, 0.2) is 0 Å². The number of phosphoric acid groups is 1. The molecule has 0 aromatic rings. The van der Waals surface area contributed by atoms with E-state index in [-0.39, 0.29) is 12.5 Å². The van der Waals surface area contributed by atoms with E-state index in [4.69, 9.17) is 9.05 Å². The molecule has 0 aromatic carbocycles. The summed E-state index contributed by atoms with van der Waals surface area (Å²) in [7, 11) is 1.24. The molecule has 0 bridgehead atoms. The largest absolute Gasteiger partial charge is 0.756 e. The number of rotatable bonds is 55. The molecule has 0 aliphatic heterocycles. The Balaban J connectivity index is 4.27. The lowest BCUT2D eigenvalue weighted by Crippen LogP contribution is -2.45. The van der Waals surface area contributed by atoms with Gasteiger partial charge in [-0.15, -0.1) is 0 Å². The van der Waals surface area contributed by atoms with Crippen molar-refractivity contribution < 1.29 is 32.9 Å². The second-order valence-corrected chi connectivity index (χ2v) is 23.1. The molecular formula is C61H117N2O6P. The van der Waals surface area contributed by atoms with Crippen molar-refractivity contribution in [1.82, 2.24) is 5.32 Å². The highest BCUT2D eigenvalue weighted by Crippen LogP contribution is 2.38. The summed E-state index contributed by atoms with van der Waals surface area (Å²) in [6.45, 7) is 4.65. The molecule has 0 radical (unpaired) electrons. The van der Waals surface area contributed by atoms with Gasteiger partial charge < -0.3 is 28.8 Å². The van der Waals surface area contributed by atoms with E-state index in [1.165, 1.54) is 218 Å². The zero-order valence-corrected chi connectivity index (χ0v) is 47.9. The lowest BCUT2D eigenvalue weighted by molar-refractivity contribution is -0.870. The molecule has 0 aromatic heterocycles. The first-order valence-corrected chi connectivity index (χ1v) is 31.5. The van der Waals surface area contributed by atoms with Crippen LogP contribution < -0.4 is 10.2 Å². The Bertz CT molecular complexity index is 1280.